The highest BCUT2D eigenvalue weighted by Crippen LogP contribution is 2.24. The van der Waals surface area contributed by atoms with Gasteiger partial charge >= 0.3 is 0 Å². The summed E-state index contributed by atoms with van der Waals surface area (Å²) in [5.41, 5.74) is 1.09. The highest BCUT2D eigenvalue weighted by atomic mass is 79.9. The van der Waals surface area contributed by atoms with Crippen LogP contribution in [-0.4, -0.2) is 29.6 Å². The van der Waals surface area contributed by atoms with E-state index in [0.717, 1.165) is 41.2 Å². The van der Waals surface area contributed by atoms with Crippen LogP contribution in [0.25, 0.3) is 5.52 Å². The maximum absolute atomic E-state index is 5.26. The molecule has 1 fully saturated rings. The molecule has 1 saturated heterocycles. The van der Waals surface area contributed by atoms with E-state index in [9.17, 15) is 0 Å². The molecule has 0 unspecified atom stereocenters. The monoisotopic (exact) mass is 295 g/mol. The molecular formula is C12H14BrN3O. The van der Waals surface area contributed by atoms with E-state index in [-0.39, 0.29) is 0 Å². The largest absolute Gasteiger partial charge is 0.495 e. The summed E-state index contributed by atoms with van der Waals surface area (Å²) in [5.74, 6) is 2.66. The summed E-state index contributed by atoms with van der Waals surface area (Å²) in [4.78, 5) is 4.58. The Kier molecular flexibility index (Phi) is 2.80. The van der Waals surface area contributed by atoms with Crippen LogP contribution >= 0.6 is 15.9 Å². The van der Waals surface area contributed by atoms with Crippen molar-refractivity contribution in [2.45, 2.75) is 6.42 Å². The number of methoxy groups -OCH3 is 1. The van der Waals surface area contributed by atoms with Crippen molar-refractivity contribution >= 4 is 21.4 Å². The second kappa shape index (κ2) is 4.31. The molecule has 0 aromatic carbocycles. The predicted octanol–water partition coefficient (Wildman–Crippen LogP) is 1.87. The molecule has 0 amide bonds. The molecule has 0 bridgehead atoms. The van der Waals surface area contributed by atoms with Gasteiger partial charge in [-0.05, 0) is 47.1 Å². The lowest BCUT2D eigenvalue weighted by atomic mass is 9.99. The molecule has 0 radical (unpaired) electrons. The number of halogens is 1. The molecule has 0 spiro atoms. The maximum atomic E-state index is 5.26. The molecule has 1 aliphatic rings. The molecule has 0 saturated carbocycles. The molecule has 3 rings (SSSR count). The molecule has 1 N–H and O–H groups in total. The first-order valence-corrected chi connectivity index (χ1v) is 6.48. The number of fused-ring (bicyclic) bond motifs is 1. The van der Waals surface area contributed by atoms with Crippen molar-refractivity contribution in [1.29, 1.82) is 0 Å². The summed E-state index contributed by atoms with van der Waals surface area (Å²) < 4.78 is 8.27. The molecule has 5 heteroatoms. The molecule has 2 aromatic rings. The minimum Gasteiger partial charge on any atom is -0.495 e. The first kappa shape index (κ1) is 11.0. The highest BCUT2D eigenvalue weighted by Gasteiger charge is 2.20. The molecule has 0 aliphatic carbocycles. The van der Waals surface area contributed by atoms with Crippen molar-refractivity contribution in [3.63, 3.8) is 0 Å². The van der Waals surface area contributed by atoms with E-state index >= 15 is 0 Å². The Morgan fingerprint density at radius 1 is 1.53 bits per heavy atom. The second-order valence-electron chi connectivity index (χ2n) is 4.37. The van der Waals surface area contributed by atoms with Gasteiger partial charge in [-0.2, -0.15) is 0 Å². The zero-order valence-corrected chi connectivity index (χ0v) is 11.2. The maximum Gasteiger partial charge on any atom is 0.135 e. The lowest BCUT2D eigenvalue weighted by molar-refractivity contribution is 0.340. The van der Waals surface area contributed by atoms with Crippen molar-refractivity contribution < 1.29 is 4.74 Å². The number of aromatic nitrogens is 2. The third-order valence-electron chi connectivity index (χ3n) is 3.21. The lowest BCUT2D eigenvalue weighted by Gasteiger charge is -2.26. The van der Waals surface area contributed by atoms with Gasteiger partial charge in [0.05, 0.1) is 18.8 Å². The number of hydrogen-bond acceptors (Lipinski definition) is 3. The van der Waals surface area contributed by atoms with Crippen LogP contribution < -0.4 is 10.1 Å². The Morgan fingerprint density at radius 3 is 3.00 bits per heavy atom. The van der Waals surface area contributed by atoms with Crippen molar-refractivity contribution in [3.05, 3.63) is 28.8 Å². The zero-order chi connectivity index (χ0) is 11.8. The van der Waals surface area contributed by atoms with E-state index in [4.69, 9.17) is 4.74 Å². The van der Waals surface area contributed by atoms with Gasteiger partial charge in [0.2, 0.25) is 0 Å². The molecule has 1 aliphatic heterocycles. The van der Waals surface area contributed by atoms with Gasteiger partial charge in [0.25, 0.3) is 0 Å². The van der Waals surface area contributed by atoms with E-state index in [2.05, 4.69) is 30.6 Å². The quantitative estimate of drug-likeness (QED) is 0.939. The number of nitrogens with zero attached hydrogens (tertiary/aromatic N) is 2. The van der Waals surface area contributed by atoms with Crippen molar-refractivity contribution in [1.82, 2.24) is 14.7 Å². The smallest absolute Gasteiger partial charge is 0.135 e. The third-order valence-corrected chi connectivity index (χ3v) is 3.79. The summed E-state index contributed by atoms with van der Waals surface area (Å²) in [7, 11) is 1.68. The molecule has 4 nitrogen and oxygen atoms in total. The Morgan fingerprint density at radius 2 is 2.35 bits per heavy atom. The summed E-state index contributed by atoms with van der Waals surface area (Å²) in [6.07, 6.45) is 3.00. The van der Waals surface area contributed by atoms with Gasteiger partial charge in [0.1, 0.15) is 16.2 Å². The number of hydrogen-bond donors (Lipinski definition) is 1. The Bertz CT molecular complexity index is 548. The second-order valence-corrected chi connectivity index (χ2v) is 5.12. The summed E-state index contributed by atoms with van der Waals surface area (Å²) in [6.45, 7) is 2.19. The van der Waals surface area contributed by atoms with E-state index in [1.165, 1.54) is 0 Å². The number of nitrogens with one attached hydrogen (secondary N) is 1. The van der Waals surface area contributed by atoms with Gasteiger partial charge in [-0.25, -0.2) is 4.98 Å². The number of ether oxygens (including phenoxy) is 1. The number of imidazole rings is 1. The lowest BCUT2D eigenvalue weighted by Crippen LogP contribution is -2.43. The summed E-state index contributed by atoms with van der Waals surface area (Å²) in [6, 6.07) is 3.98. The van der Waals surface area contributed by atoms with E-state index in [0.29, 0.717) is 5.92 Å². The van der Waals surface area contributed by atoms with Crippen LogP contribution in [0.2, 0.25) is 0 Å². The van der Waals surface area contributed by atoms with Gasteiger partial charge < -0.3 is 10.1 Å². The number of pyridine rings is 1. The first-order valence-electron chi connectivity index (χ1n) is 5.69. The minimum absolute atomic E-state index is 0.707. The van der Waals surface area contributed by atoms with Gasteiger partial charge in [0.15, 0.2) is 0 Å². The predicted molar refractivity (Wildman–Crippen MR) is 69.5 cm³/mol. The van der Waals surface area contributed by atoms with Crippen LogP contribution in [-0.2, 0) is 6.42 Å². The van der Waals surface area contributed by atoms with Gasteiger partial charge in [-0.1, -0.05) is 0 Å². The van der Waals surface area contributed by atoms with Gasteiger partial charge in [0, 0.05) is 6.42 Å². The molecule has 17 heavy (non-hydrogen) atoms. The Labute approximate surface area is 108 Å². The topological polar surface area (TPSA) is 38.6 Å². The Hall–Kier alpha value is -1.07. The number of rotatable bonds is 3. The average Bonchev–Trinajstić information content (AvgIpc) is 2.60. The molecule has 2 aromatic heterocycles. The van der Waals surface area contributed by atoms with E-state index < -0.39 is 0 Å². The van der Waals surface area contributed by atoms with Crippen LogP contribution in [0.3, 0.4) is 0 Å². The molecular weight excluding hydrogens is 282 g/mol. The van der Waals surface area contributed by atoms with Crippen LogP contribution in [0, 0.1) is 5.92 Å². The summed E-state index contributed by atoms with van der Waals surface area (Å²) >= 11 is 3.51. The third kappa shape index (κ3) is 1.93. The van der Waals surface area contributed by atoms with Crippen molar-refractivity contribution in [2.75, 3.05) is 20.2 Å². The average molecular weight is 296 g/mol. The fourth-order valence-corrected chi connectivity index (χ4v) is 2.63. The van der Waals surface area contributed by atoms with Gasteiger partial charge in [-0.15, -0.1) is 0 Å². The van der Waals surface area contributed by atoms with Gasteiger partial charge in [-0.3, -0.25) is 4.40 Å². The van der Waals surface area contributed by atoms with Crippen LogP contribution in [0.4, 0.5) is 0 Å². The highest BCUT2D eigenvalue weighted by molar-refractivity contribution is 9.10. The first-order chi connectivity index (χ1) is 8.28. The van der Waals surface area contributed by atoms with Crippen LogP contribution in [0.15, 0.2) is 22.9 Å². The zero-order valence-electron chi connectivity index (χ0n) is 9.61. The normalized spacial score (nSPS) is 16.1. The SMILES string of the molecule is COc1ccc2c(Br)nc(CC3CNC3)n2c1. The summed E-state index contributed by atoms with van der Waals surface area (Å²) in [5, 5.41) is 3.29. The molecule has 90 valence electrons. The fraction of sp³-hybridized carbons (Fsp3) is 0.417. The van der Waals surface area contributed by atoms with E-state index in [1.54, 1.807) is 7.11 Å². The van der Waals surface area contributed by atoms with Crippen molar-refractivity contribution in [2.24, 2.45) is 5.92 Å². The Balaban J connectivity index is 2.03. The minimum atomic E-state index is 0.707. The van der Waals surface area contributed by atoms with Crippen LogP contribution in [0.5, 0.6) is 5.75 Å². The van der Waals surface area contributed by atoms with Crippen LogP contribution in [0.1, 0.15) is 5.82 Å². The molecule has 0 atom stereocenters. The molecule has 3 heterocycles. The fourth-order valence-electron chi connectivity index (χ4n) is 2.10. The standard InChI is InChI=1S/C12H14BrN3O/c1-17-9-2-3-10-12(13)15-11(16(10)7-9)4-8-5-14-6-8/h2-3,7-8,14H,4-6H2,1H3. The van der Waals surface area contributed by atoms with E-state index in [1.807, 2.05) is 18.3 Å². The van der Waals surface area contributed by atoms with Crippen molar-refractivity contribution in [3.8, 4) is 5.75 Å².